The first kappa shape index (κ1) is 12.9. The number of nitrogens with one attached hydrogen (secondary N) is 1. The van der Waals surface area contributed by atoms with Gasteiger partial charge in [-0.05, 0) is 34.1 Å². The minimum atomic E-state index is -3.24. The van der Waals surface area contributed by atoms with Gasteiger partial charge in [0, 0.05) is 12.1 Å². The quantitative estimate of drug-likeness (QED) is 0.692. The average molecular weight is 209 g/mol. The van der Waals surface area contributed by atoms with Crippen LogP contribution < -0.4 is 4.72 Å². The maximum Gasteiger partial charge on any atom is 0.214 e. The molecule has 0 aromatic carbocycles. The Balaban J connectivity index is 4.43. The lowest BCUT2D eigenvalue weighted by molar-refractivity contribution is 0.245. The van der Waals surface area contributed by atoms with E-state index in [9.17, 15) is 8.42 Å². The molecule has 0 amide bonds. The lowest BCUT2D eigenvalue weighted by Gasteiger charge is -2.26. The first-order chi connectivity index (χ1) is 5.71. The van der Waals surface area contributed by atoms with Crippen molar-refractivity contribution in [1.29, 1.82) is 0 Å². The molecule has 0 aliphatic rings. The highest BCUT2D eigenvalue weighted by atomic mass is 32.2. The Morgan fingerprint density at radius 2 is 1.85 bits per heavy atom. The maximum absolute atomic E-state index is 11.4. The standard InChI is InChI=1S/C8H19NO3S/c1-7(2)13(11,12)9-8(3,4)5-6-10/h7,9-10H,5-6H2,1-4H3. The Labute approximate surface area is 80.4 Å². The van der Waals surface area contributed by atoms with Crippen LogP contribution in [-0.4, -0.2) is 30.9 Å². The van der Waals surface area contributed by atoms with Crippen molar-refractivity contribution in [2.75, 3.05) is 6.61 Å². The van der Waals surface area contributed by atoms with E-state index in [0.29, 0.717) is 6.42 Å². The number of aliphatic hydroxyl groups is 1. The van der Waals surface area contributed by atoms with Gasteiger partial charge >= 0.3 is 0 Å². The topological polar surface area (TPSA) is 66.4 Å². The Hall–Kier alpha value is -0.130. The number of sulfonamides is 1. The minimum Gasteiger partial charge on any atom is -0.396 e. The Morgan fingerprint density at radius 1 is 1.38 bits per heavy atom. The van der Waals surface area contributed by atoms with Gasteiger partial charge < -0.3 is 5.11 Å². The third-order valence-electron chi connectivity index (χ3n) is 1.78. The maximum atomic E-state index is 11.4. The predicted molar refractivity (Wildman–Crippen MR) is 53.0 cm³/mol. The molecule has 0 aliphatic carbocycles. The molecule has 0 atom stereocenters. The van der Waals surface area contributed by atoms with Crippen LogP contribution in [0.4, 0.5) is 0 Å². The summed E-state index contributed by atoms with van der Waals surface area (Å²) in [6, 6.07) is 0. The average Bonchev–Trinajstić information content (AvgIpc) is 1.83. The zero-order valence-corrected chi connectivity index (χ0v) is 9.48. The molecule has 0 unspecified atom stereocenters. The van der Waals surface area contributed by atoms with Crippen LogP contribution >= 0.6 is 0 Å². The lowest BCUT2D eigenvalue weighted by atomic mass is 10.0. The Bertz CT molecular complexity index is 244. The Kier molecular flexibility index (Phi) is 4.35. The minimum absolute atomic E-state index is 0.0202. The van der Waals surface area contributed by atoms with E-state index in [1.807, 2.05) is 0 Å². The van der Waals surface area contributed by atoms with E-state index in [-0.39, 0.29) is 6.61 Å². The molecule has 0 aliphatic heterocycles. The SMILES string of the molecule is CC(C)S(=O)(=O)NC(C)(C)CCO. The van der Waals surface area contributed by atoms with Gasteiger partial charge in [-0.1, -0.05) is 0 Å². The fourth-order valence-electron chi connectivity index (χ4n) is 0.834. The summed E-state index contributed by atoms with van der Waals surface area (Å²) in [4.78, 5) is 0. The summed E-state index contributed by atoms with van der Waals surface area (Å²) >= 11 is 0. The number of hydrogen-bond acceptors (Lipinski definition) is 3. The molecule has 0 heterocycles. The predicted octanol–water partition coefficient (Wildman–Crippen LogP) is 0.475. The van der Waals surface area contributed by atoms with Crippen LogP contribution in [-0.2, 0) is 10.0 Å². The van der Waals surface area contributed by atoms with E-state index in [0.717, 1.165) is 0 Å². The molecule has 0 rings (SSSR count). The largest absolute Gasteiger partial charge is 0.396 e. The first-order valence-electron chi connectivity index (χ1n) is 4.35. The van der Waals surface area contributed by atoms with Crippen LogP contribution in [0.2, 0.25) is 0 Å². The highest BCUT2D eigenvalue weighted by Gasteiger charge is 2.26. The van der Waals surface area contributed by atoms with Crippen molar-refractivity contribution in [1.82, 2.24) is 4.72 Å². The third-order valence-corrected chi connectivity index (χ3v) is 3.85. The van der Waals surface area contributed by atoms with Gasteiger partial charge in [-0.3, -0.25) is 0 Å². The summed E-state index contributed by atoms with van der Waals surface area (Å²) in [5.41, 5.74) is -0.572. The van der Waals surface area contributed by atoms with Gasteiger partial charge in [0.25, 0.3) is 0 Å². The van der Waals surface area contributed by atoms with Crippen molar-refractivity contribution < 1.29 is 13.5 Å². The number of aliphatic hydroxyl groups excluding tert-OH is 1. The van der Waals surface area contributed by atoms with Crippen LogP contribution in [0.1, 0.15) is 34.1 Å². The van der Waals surface area contributed by atoms with Crippen LogP contribution in [0, 0.1) is 0 Å². The van der Waals surface area contributed by atoms with Gasteiger partial charge in [0.2, 0.25) is 10.0 Å². The van der Waals surface area contributed by atoms with E-state index in [1.54, 1.807) is 27.7 Å². The summed E-state index contributed by atoms with van der Waals surface area (Å²) in [6.07, 6.45) is 0.416. The van der Waals surface area contributed by atoms with Crippen molar-refractivity contribution in [3.8, 4) is 0 Å². The number of hydrogen-bond donors (Lipinski definition) is 2. The smallest absolute Gasteiger partial charge is 0.214 e. The molecule has 0 saturated carbocycles. The van der Waals surface area contributed by atoms with Gasteiger partial charge in [-0.25, -0.2) is 13.1 Å². The second kappa shape index (κ2) is 4.39. The Morgan fingerprint density at radius 3 is 2.15 bits per heavy atom. The molecule has 0 aromatic rings. The van der Waals surface area contributed by atoms with E-state index in [4.69, 9.17) is 5.11 Å². The molecule has 0 spiro atoms. The second-order valence-electron chi connectivity index (χ2n) is 4.05. The summed E-state index contributed by atoms with van der Waals surface area (Å²) in [5.74, 6) is 0. The van der Waals surface area contributed by atoms with Crippen molar-refractivity contribution in [2.24, 2.45) is 0 Å². The van der Waals surface area contributed by atoms with Crippen LogP contribution in [0.5, 0.6) is 0 Å². The lowest BCUT2D eigenvalue weighted by Crippen LogP contribution is -2.46. The summed E-state index contributed by atoms with van der Waals surface area (Å²) in [5, 5.41) is 8.26. The van der Waals surface area contributed by atoms with Gasteiger partial charge in [-0.15, -0.1) is 0 Å². The van der Waals surface area contributed by atoms with Crippen molar-refractivity contribution in [3.05, 3.63) is 0 Å². The molecule has 5 heteroatoms. The molecule has 0 bridgehead atoms. The van der Waals surface area contributed by atoms with Crippen LogP contribution in [0.15, 0.2) is 0 Å². The fourth-order valence-corrected chi connectivity index (χ4v) is 1.94. The zero-order chi connectivity index (χ0) is 10.7. The molecule has 0 radical (unpaired) electrons. The molecule has 13 heavy (non-hydrogen) atoms. The summed E-state index contributed by atoms with van der Waals surface area (Å²) in [6.45, 7) is 6.73. The molecular weight excluding hydrogens is 190 g/mol. The van der Waals surface area contributed by atoms with E-state index < -0.39 is 20.8 Å². The highest BCUT2D eigenvalue weighted by molar-refractivity contribution is 7.90. The zero-order valence-electron chi connectivity index (χ0n) is 8.66. The van der Waals surface area contributed by atoms with Crippen molar-refractivity contribution in [2.45, 2.75) is 44.9 Å². The number of rotatable bonds is 5. The molecule has 4 nitrogen and oxygen atoms in total. The van der Waals surface area contributed by atoms with Gasteiger partial charge in [0.05, 0.1) is 5.25 Å². The third kappa shape index (κ3) is 4.59. The van der Waals surface area contributed by atoms with Crippen molar-refractivity contribution >= 4 is 10.0 Å². The van der Waals surface area contributed by atoms with Crippen LogP contribution in [0.25, 0.3) is 0 Å². The molecule has 0 saturated heterocycles. The van der Waals surface area contributed by atoms with Crippen LogP contribution in [0.3, 0.4) is 0 Å². The second-order valence-corrected chi connectivity index (χ2v) is 6.29. The highest BCUT2D eigenvalue weighted by Crippen LogP contribution is 2.11. The molecule has 0 fully saturated rings. The summed E-state index contributed by atoms with van der Waals surface area (Å²) < 4.78 is 25.4. The molecular formula is C8H19NO3S. The molecule has 0 aromatic heterocycles. The van der Waals surface area contributed by atoms with Gasteiger partial charge in [0.1, 0.15) is 0 Å². The van der Waals surface area contributed by atoms with E-state index in [2.05, 4.69) is 4.72 Å². The van der Waals surface area contributed by atoms with Gasteiger partial charge in [-0.2, -0.15) is 0 Å². The monoisotopic (exact) mass is 209 g/mol. The summed E-state index contributed by atoms with van der Waals surface area (Å²) in [7, 11) is -3.24. The molecule has 2 N–H and O–H groups in total. The van der Waals surface area contributed by atoms with E-state index in [1.165, 1.54) is 0 Å². The first-order valence-corrected chi connectivity index (χ1v) is 5.89. The fraction of sp³-hybridized carbons (Fsp3) is 1.00. The van der Waals surface area contributed by atoms with Crippen molar-refractivity contribution in [3.63, 3.8) is 0 Å². The van der Waals surface area contributed by atoms with E-state index >= 15 is 0 Å². The normalized spacial score (nSPS) is 13.7. The molecule has 80 valence electrons. The van der Waals surface area contributed by atoms with Gasteiger partial charge in [0.15, 0.2) is 0 Å².